The molecule has 1 fully saturated rings. The summed E-state index contributed by atoms with van der Waals surface area (Å²) in [5.41, 5.74) is 5.88. The van der Waals surface area contributed by atoms with Gasteiger partial charge in [-0.3, -0.25) is 4.90 Å². The molecule has 0 radical (unpaired) electrons. The Balaban J connectivity index is 2.23. The van der Waals surface area contributed by atoms with Crippen LogP contribution >= 0.6 is 0 Å². The van der Waals surface area contributed by atoms with Gasteiger partial charge >= 0.3 is 0 Å². The lowest BCUT2D eigenvalue weighted by Crippen LogP contribution is -2.51. The minimum absolute atomic E-state index is 0.300. The molecule has 1 aromatic heterocycles. The molecule has 2 N–H and O–H groups in total. The van der Waals surface area contributed by atoms with E-state index in [9.17, 15) is 0 Å². The summed E-state index contributed by atoms with van der Waals surface area (Å²) in [7, 11) is 2.18. The second kappa shape index (κ2) is 6.89. The highest BCUT2D eigenvalue weighted by atomic mass is 15.4. The van der Waals surface area contributed by atoms with Gasteiger partial charge in [-0.25, -0.2) is 0 Å². The highest BCUT2D eigenvalue weighted by Gasteiger charge is 2.25. The van der Waals surface area contributed by atoms with E-state index >= 15 is 0 Å². The number of nitrogens with zero attached hydrogens (tertiary/aromatic N) is 6. The summed E-state index contributed by atoms with van der Waals surface area (Å²) in [5, 5.41) is 0. The molecule has 0 aromatic carbocycles. The lowest BCUT2D eigenvalue weighted by Gasteiger charge is -2.39. The van der Waals surface area contributed by atoms with Gasteiger partial charge in [0, 0.05) is 38.8 Å². The van der Waals surface area contributed by atoms with Crippen molar-refractivity contribution in [1.82, 2.24) is 19.9 Å². The molecule has 0 aliphatic carbocycles. The minimum atomic E-state index is 0.300. The second-order valence-electron chi connectivity index (χ2n) is 5.45. The van der Waals surface area contributed by atoms with Crippen molar-refractivity contribution in [2.24, 2.45) is 0 Å². The quantitative estimate of drug-likeness (QED) is 0.862. The smallest absolute Gasteiger partial charge is 0.232 e. The zero-order valence-corrected chi connectivity index (χ0v) is 13.6. The summed E-state index contributed by atoms with van der Waals surface area (Å²) in [6, 6.07) is 0.536. The van der Waals surface area contributed by atoms with Gasteiger partial charge in [-0.15, -0.1) is 0 Å². The number of likely N-dealkylation sites (N-methyl/N-ethyl adjacent to an activating group) is 1. The molecule has 1 saturated heterocycles. The Labute approximate surface area is 127 Å². The topological polar surface area (TPSA) is 74.4 Å². The molecule has 7 nitrogen and oxygen atoms in total. The summed E-state index contributed by atoms with van der Waals surface area (Å²) in [6.45, 7) is 11.0. The van der Waals surface area contributed by atoms with Gasteiger partial charge in [0.25, 0.3) is 0 Å². The van der Waals surface area contributed by atoms with E-state index in [0.717, 1.165) is 39.1 Å². The fourth-order valence-corrected chi connectivity index (χ4v) is 2.73. The van der Waals surface area contributed by atoms with Crippen LogP contribution in [0.4, 0.5) is 17.8 Å². The average Bonchev–Trinajstić information content (AvgIpc) is 2.48. The summed E-state index contributed by atoms with van der Waals surface area (Å²) in [6.07, 6.45) is 1.12. The molecular formula is C14H27N7. The van der Waals surface area contributed by atoms with Gasteiger partial charge in [0.1, 0.15) is 0 Å². The Morgan fingerprint density at radius 2 is 1.86 bits per heavy atom. The van der Waals surface area contributed by atoms with Crippen LogP contribution in [0.3, 0.4) is 0 Å². The predicted octanol–water partition coefficient (Wildman–Crippen LogP) is 0.830. The fraction of sp³-hybridized carbons (Fsp3) is 0.786. The third kappa shape index (κ3) is 3.53. The van der Waals surface area contributed by atoms with Crippen molar-refractivity contribution < 1.29 is 0 Å². The summed E-state index contributed by atoms with van der Waals surface area (Å²) >= 11 is 0. The Bertz CT molecular complexity index is 461. The van der Waals surface area contributed by atoms with Crippen LogP contribution in [0.15, 0.2) is 0 Å². The standard InChI is InChI=1S/C14H27N7/c1-5-11-10-21(9-8-19(11)4)14-17-12(15)16-13(18-14)20(6-2)7-3/h11H,5-10H2,1-4H3,(H2,15,16,17,18). The molecule has 1 aromatic rings. The first-order valence-corrected chi connectivity index (χ1v) is 7.80. The molecule has 118 valence electrons. The van der Waals surface area contributed by atoms with Gasteiger partial charge in [-0.1, -0.05) is 6.92 Å². The monoisotopic (exact) mass is 293 g/mol. The maximum absolute atomic E-state index is 5.88. The Kier molecular flexibility index (Phi) is 5.17. The largest absolute Gasteiger partial charge is 0.368 e. The highest BCUT2D eigenvalue weighted by molar-refractivity contribution is 5.44. The first kappa shape index (κ1) is 15.8. The molecule has 1 aliphatic heterocycles. The lowest BCUT2D eigenvalue weighted by molar-refractivity contribution is 0.212. The van der Waals surface area contributed by atoms with Gasteiger partial charge < -0.3 is 15.5 Å². The van der Waals surface area contributed by atoms with Crippen LogP contribution < -0.4 is 15.5 Å². The molecule has 2 heterocycles. The van der Waals surface area contributed by atoms with Crippen molar-refractivity contribution in [2.45, 2.75) is 33.2 Å². The van der Waals surface area contributed by atoms with Crippen LogP contribution in [-0.4, -0.2) is 65.7 Å². The Morgan fingerprint density at radius 1 is 1.14 bits per heavy atom. The molecule has 21 heavy (non-hydrogen) atoms. The normalized spacial score (nSPS) is 19.8. The number of hydrogen-bond acceptors (Lipinski definition) is 7. The summed E-state index contributed by atoms with van der Waals surface area (Å²) in [4.78, 5) is 19.9. The average molecular weight is 293 g/mol. The van der Waals surface area contributed by atoms with Crippen molar-refractivity contribution in [2.75, 3.05) is 55.3 Å². The van der Waals surface area contributed by atoms with Crippen LogP contribution in [0.1, 0.15) is 27.2 Å². The number of nitrogens with two attached hydrogens (primary N) is 1. The molecule has 1 aliphatic rings. The van der Waals surface area contributed by atoms with E-state index in [-0.39, 0.29) is 0 Å². The van der Waals surface area contributed by atoms with E-state index in [4.69, 9.17) is 5.73 Å². The van der Waals surface area contributed by atoms with Crippen molar-refractivity contribution in [3.05, 3.63) is 0 Å². The third-order valence-corrected chi connectivity index (χ3v) is 4.21. The van der Waals surface area contributed by atoms with Crippen LogP contribution in [0.2, 0.25) is 0 Å². The first-order chi connectivity index (χ1) is 10.1. The molecule has 1 unspecified atom stereocenters. The third-order valence-electron chi connectivity index (χ3n) is 4.21. The van der Waals surface area contributed by atoms with E-state index in [1.54, 1.807) is 0 Å². The molecule has 0 spiro atoms. The second-order valence-corrected chi connectivity index (χ2v) is 5.45. The Morgan fingerprint density at radius 3 is 2.48 bits per heavy atom. The van der Waals surface area contributed by atoms with Gasteiger partial charge in [-0.2, -0.15) is 15.0 Å². The summed E-state index contributed by atoms with van der Waals surface area (Å²) < 4.78 is 0. The molecule has 0 bridgehead atoms. The maximum atomic E-state index is 5.88. The number of aromatic nitrogens is 3. The molecule has 1 atom stereocenters. The predicted molar refractivity (Wildman–Crippen MR) is 86.7 cm³/mol. The lowest BCUT2D eigenvalue weighted by atomic mass is 10.1. The molecule has 0 saturated carbocycles. The van der Waals surface area contributed by atoms with Crippen molar-refractivity contribution >= 4 is 17.8 Å². The van der Waals surface area contributed by atoms with Gasteiger partial charge in [0.2, 0.25) is 17.8 Å². The van der Waals surface area contributed by atoms with Gasteiger partial charge in [0.05, 0.1) is 0 Å². The molecular weight excluding hydrogens is 266 g/mol. The van der Waals surface area contributed by atoms with Crippen molar-refractivity contribution in [1.29, 1.82) is 0 Å². The zero-order chi connectivity index (χ0) is 15.4. The molecule has 2 rings (SSSR count). The fourth-order valence-electron chi connectivity index (χ4n) is 2.73. The molecule has 0 amide bonds. The van der Waals surface area contributed by atoms with Crippen molar-refractivity contribution in [3.63, 3.8) is 0 Å². The Hall–Kier alpha value is -1.63. The van der Waals surface area contributed by atoms with Gasteiger partial charge in [0.15, 0.2) is 0 Å². The number of nitrogen functional groups attached to an aromatic ring is 1. The van der Waals surface area contributed by atoms with E-state index < -0.39 is 0 Å². The van der Waals surface area contributed by atoms with Crippen LogP contribution in [0, 0.1) is 0 Å². The van der Waals surface area contributed by atoms with E-state index in [0.29, 0.717) is 23.9 Å². The van der Waals surface area contributed by atoms with Crippen LogP contribution in [0.5, 0.6) is 0 Å². The van der Waals surface area contributed by atoms with Crippen LogP contribution in [0.25, 0.3) is 0 Å². The number of anilines is 3. The first-order valence-electron chi connectivity index (χ1n) is 7.80. The van der Waals surface area contributed by atoms with Gasteiger partial charge in [-0.05, 0) is 27.3 Å². The number of hydrogen-bond donors (Lipinski definition) is 1. The van der Waals surface area contributed by atoms with Crippen LogP contribution in [-0.2, 0) is 0 Å². The van der Waals surface area contributed by atoms with E-state index in [1.807, 2.05) is 0 Å². The highest BCUT2D eigenvalue weighted by Crippen LogP contribution is 2.19. The van der Waals surface area contributed by atoms with Crippen molar-refractivity contribution in [3.8, 4) is 0 Å². The maximum Gasteiger partial charge on any atom is 0.232 e. The number of piperazine rings is 1. The van der Waals surface area contributed by atoms with E-state index in [1.165, 1.54) is 0 Å². The number of rotatable bonds is 5. The van der Waals surface area contributed by atoms with E-state index in [2.05, 4.69) is 57.5 Å². The SMILES string of the molecule is CCC1CN(c2nc(N)nc(N(CC)CC)n2)CCN1C. The zero-order valence-electron chi connectivity index (χ0n) is 13.6. The minimum Gasteiger partial charge on any atom is -0.368 e. The molecule has 7 heteroatoms. The summed E-state index contributed by atoms with van der Waals surface area (Å²) in [5.74, 6) is 1.68.